The maximum Gasteiger partial charge on any atom is 0.303 e. The summed E-state index contributed by atoms with van der Waals surface area (Å²) in [6, 6.07) is 17.2. The minimum atomic E-state index is -0.858. The zero-order valence-corrected chi connectivity index (χ0v) is 19.7. The molecule has 4 aromatic rings. The maximum absolute atomic E-state index is 15.0. The van der Waals surface area contributed by atoms with Gasteiger partial charge in [0, 0.05) is 18.1 Å². The Morgan fingerprint density at radius 3 is 2.33 bits per heavy atom. The molecule has 0 aliphatic heterocycles. The van der Waals surface area contributed by atoms with Crippen LogP contribution in [0.15, 0.2) is 66.7 Å². The summed E-state index contributed by atoms with van der Waals surface area (Å²) in [6.07, 6.45) is 1.63. The van der Waals surface area contributed by atoms with Crippen LogP contribution >= 0.6 is 0 Å². The van der Waals surface area contributed by atoms with Crippen LogP contribution in [0.5, 0.6) is 0 Å². The average molecular weight is 490 g/mol. The molecule has 1 amide bonds. The molecule has 4 rings (SSSR count). The molecule has 0 radical (unpaired) electrons. The zero-order chi connectivity index (χ0) is 25.7. The number of unbranched alkanes of at least 4 members (excludes halogenated alkanes) is 1. The van der Waals surface area contributed by atoms with Crippen molar-refractivity contribution in [2.75, 3.05) is 0 Å². The summed E-state index contributed by atoms with van der Waals surface area (Å²) >= 11 is 0. The Kier molecular flexibility index (Phi) is 7.63. The van der Waals surface area contributed by atoms with E-state index in [1.54, 1.807) is 19.1 Å². The van der Waals surface area contributed by atoms with Gasteiger partial charge in [0.05, 0.1) is 34.0 Å². The standard InChI is InChI=1S/C28H25F2N3O3/c1-17(18-11-13-20(29)14-12-18)31-28(36)21-15-24-25(16-22(21)30)33-27(19-7-3-2-4-8-19)23(32-24)9-5-6-10-26(34)35/h2-4,7-8,11-17H,5-6,9-10H2,1H3,(H,31,36)(H,34,35)/t17-/m1/s1. The number of amides is 1. The van der Waals surface area contributed by atoms with Crippen molar-refractivity contribution in [3.05, 3.63) is 95.2 Å². The number of carboxylic acids is 1. The number of carbonyl (C=O) groups is 2. The van der Waals surface area contributed by atoms with Crippen LogP contribution in [0.3, 0.4) is 0 Å². The quantitative estimate of drug-likeness (QED) is 0.287. The van der Waals surface area contributed by atoms with Crippen molar-refractivity contribution in [1.82, 2.24) is 15.3 Å². The topological polar surface area (TPSA) is 92.2 Å². The lowest BCUT2D eigenvalue weighted by Gasteiger charge is -2.15. The molecular formula is C28H25F2N3O3. The number of nitrogens with one attached hydrogen (secondary N) is 1. The summed E-state index contributed by atoms with van der Waals surface area (Å²) in [5, 5.41) is 11.7. The predicted octanol–water partition coefficient (Wildman–Crippen LogP) is 5.86. The molecule has 1 atom stereocenters. The summed E-state index contributed by atoms with van der Waals surface area (Å²) in [5.41, 5.74) is 3.25. The van der Waals surface area contributed by atoms with Gasteiger partial charge in [0.2, 0.25) is 0 Å². The molecule has 184 valence electrons. The Morgan fingerprint density at radius 1 is 0.944 bits per heavy atom. The van der Waals surface area contributed by atoms with Gasteiger partial charge in [-0.2, -0.15) is 0 Å². The van der Waals surface area contributed by atoms with Gasteiger partial charge in [0.25, 0.3) is 5.91 Å². The van der Waals surface area contributed by atoms with E-state index in [-0.39, 0.29) is 17.8 Å². The van der Waals surface area contributed by atoms with Crippen LogP contribution in [0, 0.1) is 11.6 Å². The van der Waals surface area contributed by atoms with Gasteiger partial charge in [0.1, 0.15) is 11.6 Å². The lowest BCUT2D eigenvalue weighted by molar-refractivity contribution is -0.137. The highest BCUT2D eigenvalue weighted by molar-refractivity contribution is 5.98. The molecule has 6 nitrogen and oxygen atoms in total. The molecule has 1 heterocycles. The van der Waals surface area contributed by atoms with E-state index in [1.807, 2.05) is 30.3 Å². The molecule has 3 aromatic carbocycles. The second-order valence-electron chi connectivity index (χ2n) is 8.55. The Labute approximate surface area is 207 Å². The molecule has 0 aliphatic rings. The molecule has 1 aromatic heterocycles. The number of halogens is 2. The van der Waals surface area contributed by atoms with Gasteiger partial charge in [0.15, 0.2) is 0 Å². The lowest BCUT2D eigenvalue weighted by Crippen LogP contribution is -2.27. The van der Waals surface area contributed by atoms with Gasteiger partial charge in [-0.3, -0.25) is 9.59 Å². The second-order valence-corrected chi connectivity index (χ2v) is 8.55. The van der Waals surface area contributed by atoms with Gasteiger partial charge in [-0.1, -0.05) is 42.5 Å². The number of aromatic nitrogens is 2. The number of carbonyl (C=O) groups excluding carboxylic acids is 1. The van der Waals surface area contributed by atoms with E-state index in [2.05, 4.69) is 10.3 Å². The Morgan fingerprint density at radius 2 is 1.64 bits per heavy atom. The Bertz CT molecular complexity index is 1390. The van der Waals surface area contributed by atoms with Crippen molar-refractivity contribution in [2.45, 2.75) is 38.6 Å². The molecule has 0 bridgehead atoms. The van der Waals surface area contributed by atoms with Crippen LogP contribution in [-0.2, 0) is 11.2 Å². The van der Waals surface area contributed by atoms with E-state index >= 15 is 4.39 Å². The van der Waals surface area contributed by atoms with Gasteiger partial charge in [-0.25, -0.2) is 18.7 Å². The van der Waals surface area contributed by atoms with Crippen LogP contribution < -0.4 is 5.32 Å². The fraction of sp³-hybridized carbons (Fsp3) is 0.214. The van der Waals surface area contributed by atoms with Crippen molar-refractivity contribution in [1.29, 1.82) is 0 Å². The van der Waals surface area contributed by atoms with E-state index in [1.165, 1.54) is 24.3 Å². The third-order valence-corrected chi connectivity index (χ3v) is 5.89. The first-order valence-corrected chi connectivity index (χ1v) is 11.7. The fourth-order valence-electron chi connectivity index (χ4n) is 3.97. The van der Waals surface area contributed by atoms with Crippen molar-refractivity contribution >= 4 is 22.9 Å². The average Bonchev–Trinajstić information content (AvgIpc) is 2.86. The van der Waals surface area contributed by atoms with Gasteiger partial charge in [-0.05, 0) is 49.9 Å². The third-order valence-electron chi connectivity index (χ3n) is 5.89. The molecule has 0 fully saturated rings. The fourth-order valence-corrected chi connectivity index (χ4v) is 3.97. The molecule has 36 heavy (non-hydrogen) atoms. The molecule has 0 unspecified atom stereocenters. The van der Waals surface area contributed by atoms with Crippen LogP contribution in [0.25, 0.3) is 22.3 Å². The highest BCUT2D eigenvalue weighted by atomic mass is 19.1. The van der Waals surface area contributed by atoms with Crippen LogP contribution in [-0.4, -0.2) is 27.0 Å². The molecule has 8 heteroatoms. The summed E-state index contributed by atoms with van der Waals surface area (Å²) < 4.78 is 28.2. The van der Waals surface area contributed by atoms with Crippen molar-refractivity contribution in [3.63, 3.8) is 0 Å². The summed E-state index contributed by atoms with van der Waals surface area (Å²) in [6.45, 7) is 1.73. The summed E-state index contributed by atoms with van der Waals surface area (Å²) in [7, 11) is 0. The number of carboxylic acid groups (broad SMARTS) is 1. The predicted molar refractivity (Wildman–Crippen MR) is 132 cm³/mol. The normalized spacial score (nSPS) is 11.9. The van der Waals surface area contributed by atoms with E-state index < -0.39 is 23.7 Å². The number of benzene rings is 3. The number of aliphatic carboxylic acids is 1. The molecule has 0 saturated heterocycles. The first-order chi connectivity index (χ1) is 17.3. The van der Waals surface area contributed by atoms with Crippen LogP contribution in [0.1, 0.15) is 53.8 Å². The zero-order valence-electron chi connectivity index (χ0n) is 19.7. The van der Waals surface area contributed by atoms with E-state index in [0.717, 1.165) is 5.56 Å². The monoisotopic (exact) mass is 489 g/mol. The van der Waals surface area contributed by atoms with Crippen molar-refractivity contribution in [2.24, 2.45) is 0 Å². The minimum absolute atomic E-state index is 0.0590. The van der Waals surface area contributed by atoms with Crippen molar-refractivity contribution < 1.29 is 23.5 Å². The number of aryl methyl sites for hydroxylation is 1. The smallest absolute Gasteiger partial charge is 0.303 e. The first kappa shape index (κ1) is 24.9. The second kappa shape index (κ2) is 11.0. The largest absolute Gasteiger partial charge is 0.481 e. The Hall–Kier alpha value is -4.20. The lowest BCUT2D eigenvalue weighted by atomic mass is 10.0. The summed E-state index contributed by atoms with van der Waals surface area (Å²) in [5.74, 6) is -2.59. The number of rotatable bonds is 9. The maximum atomic E-state index is 15.0. The number of hydrogen-bond donors (Lipinski definition) is 2. The van der Waals surface area contributed by atoms with E-state index in [0.29, 0.717) is 47.2 Å². The SMILES string of the molecule is C[C@@H](NC(=O)c1cc2nc(CCCCC(=O)O)c(-c3ccccc3)nc2cc1F)c1ccc(F)cc1. The Balaban J connectivity index is 1.65. The molecule has 0 spiro atoms. The van der Waals surface area contributed by atoms with Crippen molar-refractivity contribution in [3.8, 4) is 11.3 Å². The van der Waals surface area contributed by atoms with Crippen LogP contribution in [0.4, 0.5) is 8.78 Å². The number of fused-ring (bicyclic) bond motifs is 1. The van der Waals surface area contributed by atoms with Gasteiger partial charge in [-0.15, -0.1) is 0 Å². The van der Waals surface area contributed by atoms with E-state index in [4.69, 9.17) is 10.1 Å². The molecule has 0 aliphatic carbocycles. The highest BCUT2D eigenvalue weighted by Crippen LogP contribution is 2.26. The highest BCUT2D eigenvalue weighted by Gasteiger charge is 2.19. The van der Waals surface area contributed by atoms with E-state index in [9.17, 15) is 14.0 Å². The molecule has 2 N–H and O–H groups in total. The third kappa shape index (κ3) is 5.89. The molecular weight excluding hydrogens is 464 g/mol. The summed E-state index contributed by atoms with van der Waals surface area (Å²) in [4.78, 5) is 33.1. The minimum Gasteiger partial charge on any atom is -0.481 e. The molecule has 0 saturated carbocycles. The number of hydrogen-bond acceptors (Lipinski definition) is 4. The van der Waals surface area contributed by atoms with Gasteiger partial charge < -0.3 is 10.4 Å². The number of nitrogens with zero attached hydrogens (tertiary/aromatic N) is 2. The first-order valence-electron chi connectivity index (χ1n) is 11.7. The van der Waals surface area contributed by atoms with Gasteiger partial charge >= 0.3 is 5.97 Å². The van der Waals surface area contributed by atoms with Crippen LogP contribution in [0.2, 0.25) is 0 Å².